The lowest BCUT2D eigenvalue weighted by molar-refractivity contribution is 0.415. The molecule has 0 saturated carbocycles. The molecule has 0 aliphatic carbocycles. The zero-order chi connectivity index (χ0) is 15.6. The van der Waals surface area contributed by atoms with Crippen LogP contribution in [0.25, 0.3) is 11.3 Å². The van der Waals surface area contributed by atoms with Crippen LogP contribution >= 0.6 is 11.6 Å². The summed E-state index contributed by atoms with van der Waals surface area (Å²) in [5, 5.41) is 4.94. The number of hydrogen-bond acceptors (Lipinski definition) is 4. The maximum absolute atomic E-state index is 12.0. The fraction of sp³-hybridized carbons (Fsp3) is 0.333. The molecule has 0 amide bonds. The van der Waals surface area contributed by atoms with Crippen LogP contribution in [0.2, 0.25) is 5.02 Å². The molecule has 0 radical (unpaired) electrons. The number of anilines is 1. The first kappa shape index (κ1) is 15.4. The van der Waals surface area contributed by atoms with Gasteiger partial charge in [0, 0.05) is 17.1 Å². The number of methoxy groups -OCH3 is 1. The third kappa shape index (κ3) is 3.36. The summed E-state index contributed by atoms with van der Waals surface area (Å²) in [4.78, 5) is 12.0. The van der Waals surface area contributed by atoms with Gasteiger partial charge in [0.1, 0.15) is 11.4 Å². The number of hydrogen-bond donors (Lipinski definition) is 1. The summed E-state index contributed by atoms with van der Waals surface area (Å²) in [7, 11) is 1.57. The Morgan fingerprint density at radius 1 is 1.38 bits per heavy atom. The summed E-state index contributed by atoms with van der Waals surface area (Å²) in [6.07, 6.45) is 0. The largest absolute Gasteiger partial charge is 0.496 e. The summed E-state index contributed by atoms with van der Waals surface area (Å²) in [5.41, 5.74) is 6.95. The summed E-state index contributed by atoms with van der Waals surface area (Å²) in [5.74, 6) is 0.909. The van der Waals surface area contributed by atoms with Crippen LogP contribution in [-0.2, 0) is 6.54 Å². The van der Waals surface area contributed by atoms with Crippen molar-refractivity contribution in [3.8, 4) is 17.0 Å². The molecule has 2 N–H and O–H groups in total. The van der Waals surface area contributed by atoms with E-state index in [0.29, 0.717) is 28.6 Å². The summed E-state index contributed by atoms with van der Waals surface area (Å²) in [6.45, 7) is 4.52. The minimum absolute atomic E-state index is 0.155. The van der Waals surface area contributed by atoms with Crippen LogP contribution in [0.5, 0.6) is 5.75 Å². The molecule has 1 heterocycles. The van der Waals surface area contributed by atoms with Gasteiger partial charge in [0.2, 0.25) is 0 Å². The molecular weight excluding hydrogens is 290 g/mol. The second kappa shape index (κ2) is 6.18. The third-order valence-corrected chi connectivity index (χ3v) is 3.21. The molecule has 0 fully saturated rings. The van der Waals surface area contributed by atoms with Gasteiger partial charge in [-0.25, -0.2) is 4.68 Å². The van der Waals surface area contributed by atoms with E-state index in [9.17, 15) is 4.79 Å². The molecule has 0 saturated heterocycles. The van der Waals surface area contributed by atoms with Crippen molar-refractivity contribution in [2.24, 2.45) is 5.92 Å². The van der Waals surface area contributed by atoms with Gasteiger partial charge >= 0.3 is 0 Å². The molecular formula is C15H18ClN3O2. The Morgan fingerprint density at radius 3 is 2.71 bits per heavy atom. The molecule has 112 valence electrons. The van der Waals surface area contributed by atoms with Gasteiger partial charge in [0.15, 0.2) is 0 Å². The van der Waals surface area contributed by atoms with E-state index >= 15 is 0 Å². The van der Waals surface area contributed by atoms with Crippen molar-refractivity contribution < 1.29 is 4.74 Å². The lowest BCUT2D eigenvalue weighted by atomic mass is 10.1. The van der Waals surface area contributed by atoms with E-state index < -0.39 is 0 Å². The van der Waals surface area contributed by atoms with E-state index in [0.717, 1.165) is 0 Å². The van der Waals surface area contributed by atoms with Crippen LogP contribution in [0.1, 0.15) is 13.8 Å². The smallest absolute Gasteiger partial charge is 0.289 e. The van der Waals surface area contributed by atoms with Crippen LogP contribution < -0.4 is 16.0 Å². The van der Waals surface area contributed by atoms with Crippen molar-refractivity contribution in [1.82, 2.24) is 9.78 Å². The highest BCUT2D eigenvalue weighted by Gasteiger charge is 2.13. The van der Waals surface area contributed by atoms with Crippen LogP contribution in [-0.4, -0.2) is 16.9 Å². The van der Waals surface area contributed by atoms with Crippen LogP contribution in [0, 0.1) is 5.92 Å². The molecule has 2 rings (SSSR count). The molecule has 0 bridgehead atoms. The maximum atomic E-state index is 12.0. The first-order chi connectivity index (χ1) is 9.92. The molecule has 6 heteroatoms. The Bertz CT molecular complexity index is 711. The Balaban J connectivity index is 2.62. The van der Waals surface area contributed by atoms with Crippen molar-refractivity contribution in [3.63, 3.8) is 0 Å². The van der Waals surface area contributed by atoms with E-state index in [-0.39, 0.29) is 17.2 Å². The Morgan fingerprint density at radius 2 is 2.10 bits per heavy atom. The van der Waals surface area contributed by atoms with Crippen molar-refractivity contribution in [2.45, 2.75) is 20.4 Å². The Labute approximate surface area is 128 Å². The van der Waals surface area contributed by atoms with Crippen LogP contribution in [0.15, 0.2) is 29.1 Å². The normalized spacial score (nSPS) is 10.9. The van der Waals surface area contributed by atoms with Crippen LogP contribution in [0.3, 0.4) is 0 Å². The quantitative estimate of drug-likeness (QED) is 0.943. The van der Waals surface area contributed by atoms with Crippen molar-refractivity contribution in [2.75, 3.05) is 12.8 Å². The standard InChI is InChI=1S/C15H18ClN3O2/c1-9(2)8-19-15(20)12(17)7-13(18-19)11-6-10(16)4-5-14(11)21-3/h4-7,9H,8,17H2,1-3H3. The molecule has 0 atom stereocenters. The Hall–Kier alpha value is -2.01. The molecule has 0 spiro atoms. The zero-order valence-corrected chi connectivity index (χ0v) is 13.0. The van der Waals surface area contributed by atoms with Crippen LogP contribution in [0.4, 0.5) is 5.69 Å². The van der Waals surface area contributed by atoms with Gasteiger partial charge in [-0.2, -0.15) is 5.10 Å². The maximum Gasteiger partial charge on any atom is 0.289 e. The second-order valence-corrected chi connectivity index (χ2v) is 5.65. The SMILES string of the molecule is COc1ccc(Cl)cc1-c1cc(N)c(=O)n(CC(C)C)n1. The highest BCUT2D eigenvalue weighted by atomic mass is 35.5. The average Bonchev–Trinajstić information content (AvgIpc) is 2.43. The van der Waals surface area contributed by atoms with Crippen molar-refractivity contribution >= 4 is 17.3 Å². The minimum Gasteiger partial charge on any atom is -0.496 e. The van der Waals surface area contributed by atoms with Gasteiger partial charge in [-0.15, -0.1) is 0 Å². The number of rotatable bonds is 4. The van der Waals surface area contributed by atoms with Gasteiger partial charge in [-0.1, -0.05) is 25.4 Å². The highest BCUT2D eigenvalue weighted by Crippen LogP contribution is 2.31. The number of nitrogens with two attached hydrogens (primary N) is 1. The number of aromatic nitrogens is 2. The first-order valence-corrected chi connectivity index (χ1v) is 7.01. The van der Waals surface area contributed by atoms with Gasteiger partial charge < -0.3 is 10.5 Å². The topological polar surface area (TPSA) is 70.1 Å². The fourth-order valence-electron chi connectivity index (χ4n) is 2.04. The average molecular weight is 308 g/mol. The molecule has 2 aromatic rings. The summed E-state index contributed by atoms with van der Waals surface area (Å²) < 4.78 is 6.70. The molecule has 1 aromatic carbocycles. The fourth-order valence-corrected chi connectivity index (χ4v) is 2.22. The third-order valence-electron chi connectivity index (χ3n) is 2.98. The van der Waals surface area contributed by atoms with E-state index in [1.165, 1.54) is 4.68 Å². The van der Waals surface area contributed by atoms with Gasteiger partial charge in [0.25, 0.3) is 5.56 Å². The molecule has 21 heavy (non-hydrogen) atoms. The number of halogens is 1. The molecule has 0 aliphatic heterocycles. The van der Waals surface area contributed by atoms with Crippen molar-refractivity contribution in [1.29, 1.82) is 0 Å². The Kier molecular flexibility index (Phi) is 4.53. The van der Waals surface area contributed by atoms with Gasteiger partial charge in [0.05, 0.1) is 12.8 Å². The van der Waals surface area contributed by atoms with E-state index in [4.69, 9.17) is 22.1 Å². The molecule has 0 unspecified atom stereocenters. The highest BCUT2D eigenvalue weighted by molar-refractivity contribution is 6.30. The molecule has 0 aliphatic rings. The van der Waals surface area contributed by atoms with E-state index in [1.807, 2.05) is 13.8 Å². The molecule has 5 nitrogen and oxygen atoms in total. The number of nitrogens with zero attached hydrogens (tertiary/aromatic N) is 2. The number of nitrogen functional groups attached to an aromatic ring is 1. The monoisotopic (exact) mass is 307 g/mol. The van der Waals surface area contributed by atoms with E-state index in [2.05, 4.69) is 5.10 Å². The summed E-state index contributed by atoms with van der Waals surface area (Å²) >= 11 is 6.04. The predicted octanol–water partition coefficient (Wildman–Crippen LogP) is 2.81. The lowest BCUT2D eigenvalue weighted by Gasteiger charge is -2.13. The summed E-state index contributed by atoms with van der Waals surface area (Å²) in [6, 6.07) is 6.78. The number of benzene rings is 1. The second-order valence-electron chi connectivity index (χ2n) is 5.21. The predicted molar refractivity (Wildman–Crippen MR) is 84.7 cm³/mol. The molecule has 1 aromatic heterocycles. The van der Waals surface area contributed by atoms with E-state index in [1.54, 1.807) is 31.4 Å². The number of ether oxygens (including phenoxy) is 1. The lowest BCUT2D eigenvalue weighted by Crippen LogP contribution is -2.27. The minimum atomic E-state index is -0.284. The van der Waals surface area contributed by atoms with Crippen molar-refractivity contribution in [3.05, 3.63) is 39.6 Å². The zero-order valence-electron chi connectivity index (χ0n) is 12.3. The first-order valence-electron chi connectivity index (χ1n) is 6.64. The van der Waals surface area contributed by atoms with Gasteiger partial charge in [-0.05, 0) is 30.2 Å². The van der Waals surface area contributed by atoms with Gasteiger partial charge in [-0.3, -0.25) is 4.79 Å².